The van der Waals surface area contributed by atoms with Gasteiger partial charge in [0.25, 0.3) is 0 Å². The summed E-state index contributed by atoms with van der Waals surface area (Å²) in [4.78, 5) is 0.379. The molecule has 1 saturated heterocycles. The largest absolute Gasteiger partial charge is 0.491 e. The van der Waals surface area contributed by atoms with Gasteiger partial charge in [0.1, 0.15) is 17.3 Å². The van der Waals surface area contributed by atoms with E-state index < -0.39 is 0 Å². The Morgan fingerprint density at radius 2 is 2.11 bits per heavy atom. The molecule has 104 valence electrons. The highest BCUT2D eigenvalue weighted by Gasteiger charge is 2.13. The van der Waals surface area contributed by atoms with Gasteiger partial charge >= 0.3 is 0 Å². The Morgan fingerprint density at radius 3 is 2.84 bits per heavy atom. The fourth-order valence-electron chi connectivity index (χ4n) is 1.96. The third kappa shape index (κ3) is 4.78. The fourth-order valence-corrected chi connectivity index (χ4v) is 2.08. The number of thiocarbonyl (C=S) groups is 1. The number of benzene rings is 1. The van der Waals surface area contributed by atoms with E-state index in [9.17, 15) is 0 Å². The third-order valence-electron chi connectivity index (χ3n) is 2.99. The maximum atomic E-state index is 5.73. The van der Waals surface area contributed by atoms with Crippen molar-refractivity contribution in [3.63, 3.8) is 0 Å². The lowest BCUT2D eigenvalue weighted by molar-refractivity contribution is -0.0388. The standard InChI is InChI=1S/C14H19NO3S/c15-14(19)11-2-1-3-13(10-11)18-9-8-17-12-4-6-16-7-5-12/h1-3,10,12H,4-9H2,(H2,15,19). The Hall–Kier alpha value is -1.17. The molecule has 1 aliphatic heterocycles. The van der Waals surface area contributed by atoms with Gasteiger partial charge in [-0.25, -0.2) is 0 Å². The predicted molar refractivity (Wildman–Crippen MR) is 77.6 cm³/mol. The molecular weight excluding hydrogens is 262 g/mol. The minimum atomic E-state index is 0.306. The Labute approximate surface area is 118 Å². The minimum absolute atomic E-state index is 0.306. The van der Waals surface area contributed by atoms with Gasteiger partial charge in [-0.2, -0.15) is 0 Å². The van der Waals surface area contributed by atoms with Crippen LogP contribution in [0.2, 0.25) is 0 Å². The van der Waals surface area contributed by atoms with Crippen LogP contribution in [0.4, 0.5) is 0 Å². The van der Waals surface area contributed by atoms with Gasteiger partial charge in [-0.15, -0.1) is 0 Å². The lowest BCUT2D eigenvalue weighted by Crippen LogP contribution is -2.25. The first-order valence-electron chi connectivity index (χ1n) is 6.48. The van der Waals surface area contributed by atoms with E-state index in [1.807, 2.05) is 24.3 Å². The number of hydrogen-bond donors (Lipinski definition) is 1. The number of hydrogen-bond acceptors (Lipinski definition) is 4. The van der Waals surface area contributed by atoms with Gasteiger partial charge in [-0.1, -0.05) is 24.4 Å². The van der Waals surface area contributed by atoms with Crippen molar-refractivity contribution in [2.75, 3.05) is 26.4 Å². The SMILES string of the molecule is NC(=S)c1cccc(OCCOC2CCOCC2)c1. The van der Waals surface area contributed by atoms with Crippen LogP contribution in [0.3, 0.4) is 0 Å². The van der Waals surface area contributed by atoms with Crippen molar-refractivity contribution < 1.29 is 14.2 Å². The molecule has 2 N–H and O–H groups in total. The zero-order chi connectivity index (χ0) is 13.5. The number of ether oxygens (including phenoxy) is 3. The van der Waals surface area contributed by atoms with Crippen molar-refractivity contribution in [1.29, 1.82) is 0 Å². The van der Waals surface area contributed by atoms with Crippen LogP contribution in [0.1, 0.15) is 18.4 Å². The van der Waals surface area contributed by atoms with Crippen LogP contribution >= 0.6 is 12.2 Å². The zero-order valence-corrected chi connectivity index (χ0v) is 11.7. The topological polar surface area (TPSA) is 53.7 Å². The zero-order valence-electron chi connectivity index (χ0n) is 10.8. The van der Waals surface area contributed by atoms with Gasteiger partial charge in [-0.3, -0.25) is 0 Å². The van der Waals surface area contributed by atoms with E-state index in [0.717, 1.165) is 37.4 Å². The first-order valence-corrected chi connectivity index (χ1v) is 6.88. The molecule has 4 nitrogen and oxygen atoms in total. The molecule has 0 aliphatic carbocycles. The van der Waals surface area contributed by atoms with Crippen molar-refractivity contribution in [2.45, 2.75) is 18.9 Å². The maximum Gasteiger partial charge on any atom is 0.120 e. The highest BCUT2D eigenvalue weighted by atomic mass is 32.1. The Balaban J connectivity index is 1.70. The quantitative estimate of drug-likeness (QED) is 0.637. The molecule has 1 aromatic carbocycles. The Morgan fingerprint density at radius 1 is 1.32 bits per heavy atom. The normalized spacial score (nSPS) is 16.2. The van der Waals surface area contributed by atoms with E-state index in [4.69, 9.17) is 32.2 Å². The molecule has 1 heterocycles. The highest BCUT2D eigenvalue weighted by molar-refractivity contribution is 7.80. The molecule has 5 heteroatoms. The van der Waals surface area contributed by atoms with Crippen LogP contribution in [-0.4, -0.2) is 37.5 Å². The van der Waals surface area contributed by atoms with Gasteiger partial charge in [0, 0.05) is 18.8 Å². The second-order valence-corrected chi connectivity index (χ2v) is 4.86. The van der Waals surface area contributed by atoms with Crippen molar-refractivity contribution in [2.24, 2.45) is 5.73 Å². The summed E-state index contributed by atoms with van der Waals surface area (Å²) in [5, 5.41) is 0. The van der Waals surface area contributed by atoms with Crippen molar-refractivity contribution in [3.8, 4) is 5.75 Å². The minimum Gasteiger partial charge on any atom is -0.491 e. The maximum absolute atomic E-state index is 5.73. The second kappa shape index (κ2) is 7.43. The summed E-state index contributed by atoms with van der Waals surface area (Å²) in [6.45, 7) is 2.70. The highest BCUT2D eigenvalue weighted by Crippen LogP contribution is 2.14. The summed E-state index contributed by atoms with van der Waals surface area (Å²) < 4.78 is 16.6. The van der Waals surface area contributed by atoms with E-state index in [-0.39, 0.29) is 0 Å². The fraction of sp³-hybridized carbons (Fsp3) is 0.500. The van der Waals surface area contributed by atoms with E-state index in [2.05, 4.69) is 0 Å². The lowest BCUT2D eigenvalue weighted by atomic mass is 10.2. The van der Waals surface area contributed by atoms with Gasteiger partial charge in [0.15, 0.2) is 0 Å². The van der Waals surface area contributed by atoms with E-state index in [1.165, 1.54) is 0 Å². The van der Waals surface area contributed by atoms with E-state index in [1.54, 1.807) is 0 Å². The molecule has 19 heavy (non-hydrogen) atoms. The van der Waals surface area contributed by atoms with Gasteiger partial charge < -0.3 is 19.9 Å². The molecule has 1 aromatic rings. The Kier molecular flexibility index (Phi) is 5.57. The van der Waals surface area contributed by atoms with Crippen molar-refractivity contribution in [3.05, 3.63) is 29.8 Å². The third-order valence-corrected chi connectivity index (χ3v) is 3.23. The average molecular weight is 281 g/mol. The number of rotatable bonds is 6. The van der Waals surface area contributed by atoms with Crippen LogP contribution in [0.15, 0.2) is 24.3 Å². The Bertz CT molecular complexity index is 419. The summed E-state index contributed by atoms with van der Waals surface area (Å²) >= 11 is 4.93. The molecule has 0 spiro atoms. The predicted octanol–water partition coefficient (Wildman–Crippen LogP) is 1.90. The summed E-state index contributed by atoms with van der Waals surface area (Å²) in [6, 6.07) is 7.48. The first-order chi connectivity index (χ1) is 9.25. The van der Waals surface area contributed by atoms with Gasteiger partial charge in [0.05, 0.1) is 12.7 Å². The monoisotopic (exact) mass is 281 g/mol. The molecule has 0 unspecified atom stereocenters. The summed E-state index contributed by atoms with van der Waals surface area (Å²) in [5.41, 5.74) is 6.39. The molecule has 1 fully saturated rings. The van der Waals surface area contributed by atoms with Crippen LogP contribution in [0, 0.1) is 0 Å². The lowest BCUT2D eigenvalue weighted by Gasteiger charge is -2.22. The first kappa shape index (κ1) is 14.2. The van der Waals surface area contributed by atoms with Gasteiger partial charge in [0.2, 0.25) is 0 Å². The molecule has 1 aliphatic rings. The van der Waals surface area contributed by atoms with Crippen LogP contribution in [0.25, 0.3) is 0 Å². The summed E-state index contributed by atoms with van der Waals surface area (Å²) in [6.07, 6.45) is 2.24. The average Bonchev–Trinajstić information content (AvgIpc) is 2.45. The molecule has 0 aromatic heterocycles. The molecule has 2 rings (SSSR count). The van der Waals surface area contributed by atoms with Crippen LogP contribution < -0.4 is 10.5 Å². The molecule has 0 radical (unpaired) electrons. The molecule has 0 amide bonds. The van der Waals surface area contributed by atoms with Crippen LogP contribution in [0.5, 0.6) is 5.75 Å². The van der Waals surface area contributed by atoms with Crippen molar-refractivity contribution in [1.82, 2.24) is 0 Å². The number of nitrogens with two attached hydrogens (primary N) is 1. The van der Waals surface area contributed by atoms with Crippen LogP contribution in [-0.2, 0) is 9.47 Å². The summed E-state index contributed by atoms with van der Waals surface area (Å²) in [5.74, 6) is 0.765. The van der Waals surface area contributed by atoms with E-state index in [0.29, 0.717) is 24.3 Å². The molecule has 0 saturated carbocycles. The molecule has 0 bridgehead atoms. The van der Waals surface area contributed by atoms with Gasteiger partial charge in [-0.05, 0) is 25.0 Å². The summed E-state index contributed by atoms with van der Waals surface area (Å²) in [7, 11) is 0. The van der Waals surface area contributed by atoms with E-state index >= 15 is 0 Å². The second-order valence-electron chi connectivity index (χ2n) is 4.42. The van der Waals surface area contributed by atoms with Crippen molar-refractivity contribution >= 4 is 17.2 Å². The smallest absolute Gasteiger partial charge is 0.120 e. The molecule has 0 atom stereocenters. The molecular formula is C14H19NO3S.